The number of imidazole rings is 1. The zero-order chi connectivity index (χ0) is 18.1. The van der Waals surface area contributed by atoms with Crippen LogP contribution in [-0.2, 0) is 16.6 Å². The highest BCUT2D eigenvalue weighted by molar-refractivity contribution is 7.89. The molecule has 0 aliphatic carbocycles. The molecular weight excluding hydrogens is 348 g/mol. The molecule has 0 unspecified atom stereocenters. The minimum Gasteiger partial charge on any atom is -0.307 e. The van der Waals surface area contributed by atoms with Crippen LogP contribution in [0.15, 0.2) is 59.8 Å². The predicted octanol–water partition coefficient (Wildman–Crippen LogP) is 2.15. The third kappa shape index (κ3) is 3.25. The molecule has 2 aromatic heterocycles. The molecule has 6 nitrogen and oxygen atoms in total. The number of hydrogen-bond acceptors (Lipinski definition) is 4. The zero-order valence-corrected chi connectivity index (χ0v) is 15.6. The summed E-state index contributed by atoms with van der Waals surface area (Å²) in [6, 6.07) is 12.7. The van der Waals surface area contributed by atoms with E-state index in [1.165, 1.54) is 0 Å². The molecule has 7 heteroatoms. The third-order valence-corrected chi connectivity index (χ3v) is 6.74. The van der Waals surface area contributed by atoms with E-state index < -0.39 is 10.0 Å². The lowest BCUT2D eigenvalue weighted by Gasteiger charge is -2.33. The molecular formula is C19H22N4O2S. The van der Waals surface area contributed by atoms with E-state index in [0.717, 1.165) is 23.4 Å². The Morgan fingerprint density at radius 2 is 1.73 bits per heavy atom. The summed E-state index contributed by atoms with van der Waals surface area (Å²) < 4.78 is 29.0. The number of sulfonamides is 1. The number of benzene rings is 1. The standard InChI is InChI=1S/C19H22N4O2S/c1-16-6-5-9-22-15-17(20-19(16)22)14-21-10-12-23(13-11-21)26(24,25)18-7-3-2-4-8-18/h2-9,15H,10-14H2,1H3. The lowest BCUT2D eigenvalue weighted by molar-refractivity contribution is 0.180. The smallest absolute Gasteiger partial charge is 0.243 e. The van der Waals surface area contributed by atoms with Crippen LogP contribution in [-0.4, -0.2) is 53.2 Å². The predicted molar refractivity (Wildman–Crippen MR) is 100 cm³/mol. The van der Waals surface area contributed by atoms with Crippen molar-refractivity contribution < 1.29 is 8.42 Å². The summed E-state index contributed by atoms with van der Waals surface area (Å²) in [6.45, 7) is 5.21. The molecule has 0 amide bonds. The van der Waals surface area contributed by atoms with Crippen molar-refractivity contribution >= 4 is 15.7 Å². The summed E-state index contributed by atoms with van der Waals surface area (Å²) in [5, 5.41) is 0. The third-order valence-electron chi connectivity index (χ3n) is 4.83. The first-order valence-electron chi connectivity index (χ1n) is 8.75. The summed E-state index contributed by atoms with van der Waals surface area (Å²) in [5.41, 5.74) is 3.14. The van der Waals surface area contributed by atoms with Crippen molar-refractivity contribution in [2.45, 2.75) is 18.4 Å². The maximum Gasteiger partial charge on any atom is 0.243 e. The van der Waals surface area contributed by atoms with Gasteiger partial charge in [0.05, 0.1) is 10.6 Å². The van der Waals surface area contributed by atoms with Crippen molar-refractivity contribution in [2.24, 2.45) is 0 Å². The normalized spacial score (nSPS) is 17.0. The van der Waals surface area contributed by atoms with E-state index in [-0.39, 0.29) is 0 Å². The Bertz CT molecular complexity index is 1010. The van der Waals surface area contributed by atoms with Crippen LogP contribution in [0.4, 0.5) is 0 Å². The van der Waals surface area contributed by atoms with Gasteiger partial charge in [-0.1, -0.05) is 24.3 Å². The second kappa shape index (κ2) is 6.83. The molecule has 0 N–H and O–H groups in total. The highest BCUT2D eigenvalue weighted by atomic mass is 32.2. The minimum absolute atomic E-state index is 0.365. The van der Waals surface area contributed by atoms with E-state index in [1.807, 2.05) is 22.7 Å². The molecule has 1 aromatic carbocycles. The fourth-order valence-corrected chi connectivity index (χ4v) is 4.82. The first-order valence-corrected chi connectivity index (χ1v) is 10.2. The lowest BCUT2D eigenvalue weighted by atomic mass is 10.3. The summed E-state index contributed by atoms with van der Waals surface area (Å²) in [7, 11) is -3.40. The van der Waals surface area contributed by atoms with E-state index in [2.05, 4.69) is 24.1 Å². The van der Waals surface area contributed by atoms with E-state index >= 15 is 0 Å². The average Bonchev–Trinajstić information content (AvgIpc) is 3.07. The van der Waals surface area contributed by atoms with E-state index in [4.69, 9.17) is 4.98 Å². The largest absolute Gasteiger partial charge is 0.307 e. The SMILES string of the molecule is Cc1cccn2cc(CN3CCN(S(=O)(=O)c4ccccc4)CC3)nc12. The number of pyridine rings is 1. The Balaban J connectivity index is 1.43. The Kier molecular flexibility index (Phi) is 4.52. The molecule has 4 rings (SSSR count). The van der Waals surface area contributed by atoms with E-state index in [0.29, 0.717) is 31.1 Å². The highest BCUT2D eigenvalue weighted by Crippen LogP contribution is 2.18. The van der Waals surface area contributed by atoms with Crippen LogP contribution in [0.5, 0.6) is 0 Å². The van der Waals surface area contributed by atoms with Crippen molar-refractivity contribution in [1.29, 1.82) is 0 Å². The van der Waals surface area contributed by atoms with Crippen molar-refractivity contribution in [2.75, 3.05) is 26.2 Å². The maximum atomic E-state index is 12.7. The quantitative estimate of drug-likeness (QED) is 0.706. The van der Waals surface area contributed by atoms with Gasteiger partial charge < -0.3 is 4.40 Å². The van der Waals surface area contributed by atoms with Crippen molar-refractivity contribution in [3.8, 4) is 0 Å². The maximum absolute atomic E-state index is 12.7. The Morgan fingerprint density at radius 3 is 2.42 bits per heavy atom. The van der Waals surface area contributed by atoms with Gasteiger partial charge in [0.15, 0.2) is 0 Å². The van der Waals surface area contributed by atoms with E-state index in [1.54, 1.807) is 28.6 Å². The number of hydrogen-bond donors (Lipinski definition) is 0. The first kappa shape index (κ1) is 17.2. The van der Waals surface area contributed by atoms with Crippen molar-refractivity contribution in [3.05, 3.63) is 66.1 Å². The van der Waals surface area contributed by atoms with Crippen LogP contribution in [0.3, 0.4) is 0 Å². The van der Waals surface area contributed by atoms with Crippen molar-refractivity contribution in [1.82, 2.24) is 18.6 Å². The molecule has 1 aliphatic rings. The molecule has 3 heterocycles. The van der Waals surface area contributed by atoms with Crippen LogP contribution in [0.25, 0.3) is 5.65 Å². The monoisotopic (exact) mass is 370 g/mol. The molecule has 1 aliphatic heterocycles. The Labute approximate surface area is 153 Å². The first-order chi connectivity index (χ1) is 12.5. The zero-order valence-electron chi connectivity index (χ0n) is 14.7. The second-order valence-corrected chi connectivity index (χ2v) is 8.59. The molecule has 136 valence electrons. The number of rotatable bonds is 4. The van der Waals surface area contributed by atoms with Gasteiger partial charge >= 0.3 is 0 Å². The fraction of sp³-hybridized carbons (Fsp3) is 0.316. The van der Waals surface area contributed by atoms with Gasteiger partial charge in [-0.25, -0.2) is 13.4 Å². The minimum atomic E-state index is -3.40. The van der Waals surface area contributed by atoms with Crippen LogP contribution in [0.1, 0.15) is 11.3 Å². The van der Waals surface area contributed by atoms with Crippen LogP contribution >= 0.6 is 0 Å². The van der Waals surface area contributed by atoms with Crippen LogP contribution in [0, 0.1) is 6.92 Å². The number of aromatic nitrogens is 2. The summed E-state index contributed by atoms with van der Waals surface area (Å²) in [5.74, 6) is 0. The van der Waals surface area contributed by atoms with Gasteiger partial charge in [0.2, 0.25) is 10.0 Å². The molecule has 1 fully saturated rings. The van der Waals surface area contributed by atoms with Gasteiger partial charge in [-0.05, 0) is 30.7 Å². The highest BCUT2D eigenvalue weighted by Gasteiger charge is 2.28. The van der Waals surface area contributed by atoms with Gasteiger partial charge in [0.1, 0.15) is 5.65 Å². The summed E-state index contributed by atoms with van der Waals surface area (Å²) in [6.07, 6.45) is 4.05. The molecule has 0 atom stereocenters. The van der Waals surface area contributed by atoms with Gasteiger partial charge in [-0.3, -0.25) is 4.90 Å². The van der Waals surface area contributed by atoms with E-state index in [9.17, 15) is 8.42 Å². The topological polar surface area (TPSA) is 57.9 Å². The van der Waals surface area contributed by atoms with Gasteiger partial charge in [0, 0.05) is 45.1 Å². The molecule has 0 saturated carbocycles. The molecule has 0 bridgehead atoms. The molecule has 0 spiro atoms. The fourth-order valence-electron chi connectivity index (χ4n) is 3.38. The Hall–Kier alpha value is -2.22. The summed E-state index contributed by atoms with van der Waals surface area (Å²) >= 11 is 0. The molecule has 3 aromatic rings. The number of aryl methyl sites for hydroxylation is 1. The van der Waals surface area contributed by atoms with Gasteiger partial charge in [-0.15, -0.1) is 0 Å². The average molecular weight is 370 g/mol. The van der Waals surface area contributed by atoms with Crippen molar-refractivity contribution in [3.63, 3.8) is 0 Å². The molecule has 0 radical (unpaired) electrons. The van der Waals surface area contributed by atoms with Crippen LogP contribution < -0.4 is 0 Å². The number of nitrogens with zero attached hydrogens (tertiary/aromatic N) is 4. The second-order valence-electron chi connectivity index (χ2n) is 6.65. The number of piperazine rings is 1. The Morgan fingerprint density at radius 1 is 1.00 bits per heavy atom. The molecule has 1 saturated heterocycles. The molecule has 26 heavy (non-hydrogen) atoms. The lowest BCUT2D eigenvalue weighted by Crippen LogP contribution is -2.48. The van der Waals surface area contributed by atoms with Gasteiger partial charge in [-0.2, -0.15) is 4.31 Å². The summed E-state index contributed by atoms with van der Waals surface area (Å²) in [4.78, 5) is 7.33. The van der Waals surface area contributed by atoms with Crippen LogP contribution in [0.2, 0.25) is 0 Å². The number of fused-ring (bicyclic) bond motifs is 1. The van der Waals surface area contributed by atoms with Gasteiger partial charge in [0.25, 0.3) is 0 Å².